The molecular formula is C7H11NSe. The molecule has 1 aromatic heterocycles. The van der Waals surface area contributed by atoms with E-state index in [0.717, 1.165) is 6.54 Å². The fraction of sp³-hybridized carbons (Fsp3) is 0.429. The normalized spacial score (nSPS) is 10.1. The van der Waals surface area contributed by atoms with Crippen LogP contribution < -0.4 is 5.73 Å². The molecule has 0 fully saturated rings. The molecule has 1 aromatic rings. The molecule has 1 heterocycles. The molecule has 0 bridgehead atoms. The molecule has 0 radical (unpaired) electrons. The zero-order valence-electron chi connectivity index (χ0n) is 5.77. The minimum atomic E-state index is 0.582. The van der Waals surface area contributed by atoms with Crippen LogP contribution in [0.3, 0.4) is 0 Å². The van der Waals surface area contributed by atoms with Crippen molar-refractivity contribution in [3.63, 3.8) is 0 Å². The van der Waals surface area contributed by atoms with Crippen molar-refractivity contribution < 1.29 is 0 Å². The van der Waals surface area contributed by atoms with Gasteiger partial charge in [-0.05, 0) is 0 Å². The molecule has 1 nitrogen and oxygen atoms in total. The fourth-order valence-electron chi connectivity index (χ4n) is 0.750. The first-order chi connectivity index (χ1) is 4.24. The van der Waals surface area contributed by atoms with Gasteiger partial charge in [0.15, 0.2) is 0 Å². The van der Waals surface area contributed by atoms with E-state index >= 15 is 0 Å². The molecule has 0 unspecified atom stereocenters. The molecule has 0 aromatic carbocycles. The summed E-state index contributed by atoms with van der Waals surface area (Å²) in [4.78, 5) is 0. The van der Waals surface area contributed by atoms with Crippen LogP contribution in [0.2, 0.25) is 0 Å². The van der Waals surface area contributed by atoms with Crippen LogP contribution in [-0.4, -0.2) is 14.5 Å². The molecule has 2 N–H and O–H groups in total. The average molecular weight is 188 g/mol. The third-order valence-electron chi connectivity index (χ3n) is 1.42. The summed E-state index contributed by atoms with van der Waals surface area (Å²) in [5, 5.41) is 0. The Bertz CT molecular complexity index is 183. The molecule has 9 heavy (non-hydrogen) atoms. The Morgan fingerprint density at radius 1 is 1.56 bits per heavy atom. The number of hydrogen-bond donors (Lipinski definition) is 1. The van der Waals surface area contributed by atoms with Crippen molar-refractivity contribution in [3.05, 3.63) is 20.5 Å². The Hall–Kier alpha value is -0.0405. The quantitative estimate of drug-likeness (QED) is 0.649. The summed E-state index contributed by atoms with van der Waals surface area (Å²) in [6, 6.07) is 2.22. The van der Waals surface area contributed by atoms with E-state index in [1.807, 2.05) is 0 Å². The topological polar surface area (TPSA) is 26.0 Å². The first-order valence-corrected chi connectivity index (χ1v) is 4.71. The first kappa shape index (κ1) is 7.07. The van der Waals surface area contributed by atoms with Gasteiger partial charge in [-0.1, -0.05) is 0 Å². The average Bonchev–Trinajstić information content (AvgIpc) is 2.13. The van der Waals surface area contributed by atoms with E-state index in [-0.39, 0.29) is 0 Å². The second-order valence-electron chi connectivity index (χ2n) is 2.16. The van der Waals surface area contributed by atoms with Gasteiger partial charge in [-0.2, -0.15) is 0 Å². The molecule has 0 aliphatic heterocycles. The van der Waals surface area contributed by atoms with Gasteiger partial charge >= 0.3 is 61.1 Å². The van der Waals surface area contributed by atoms with Gasteiger partial charge in [0.25, 0.3) is 0 Å². The zero-order chi connectivity index (χ0) is 6.85. The van der Waals surface area contributed by atoms with E-state index < -0.39 is 0 Å². The molecule has 1 rings (SSSR count). The van der Waals surface area contributed by atoms with Crippen molar-refractivity contribution in [1.82, 2.24) is 0 Å². The van der Waals surface area contributed by atoms with Crippen LogP contribution in [0.15, 0.2) is 6.07 Å². The number of rotatable bonds is 1. The van der Waals surface area contributed by atoms with Crippen molar-refractivity contribution in [3.8, 4) is 0 Å². The minimum absolute atomic E-state index is 0.582. The van der Waals surface area contributed by atoms with E-state index in [2.05, 4.69) is 19.9 Å². The SMILES string of the molecule is Cc1cc(CN)[se]c1C. The predicted molar refractivity (Wildman–Crippen MR) is 40.7 cm³/mol. The van der Waals surface area contributed by atoms with E-state index in [4.69, 9.17) is 5.73 Å². The molecule has 0 aliphatic carbocycles. The van der Waals surface area contributed by atoms with Crippen LogP contribution in [0.4, 0.5) is 0 Å². The molecule has 0 atom stereocenters. The van der Waals surface area contributed by atoms with Crippen LogP contribution in [0.25, 0.3) is 0 Å². The number of hydrogen-bond acceptors (Lipinski definition) is 1. The third-order valence-corrected chi connectivity index (χ3v) is 3.88. The molecular weight excluding hydrogens is 177 g/mol. The van der Waals surface area contributed by atoms with Crippen molar-refractivity contribution in [2.45, 2.75) is 20.4 Å². The number of nitrogens with two attached hydrogens (primary N) is 1. The summed E-state index contributed by atoms with van der Waals surface area (Å²) in [5.41, 5.74) is 6.91. The third kappa shape index (κ3) is 1.45. The van der Waals surface area contributed by atoms with Gasteiger partial charge in [0.05, 0.1) is 0 Å². The van der Waals surface area contributed by atoms with Crippen LogP contribution in [0.5, 0.6) is 0 Å². The molecule has 0 saturated carbocycles. The Kier molecular flexibility index (Phi) is 2.12. The zero-order valence-corrected chi connectivity index (χ0v) is 7.48. The molecule has 0 spiro atoms. The molecule has 2 heteroatoms. The second kappa shape index (κ2) is 2.70. The fourth-order valence-corrected chi connectivity index (χ4v) is 2.71. The van der Waals surface area contributed by atoms with E-state index in [9.17, 15) is 0 Å². The second-order valence-corrected chi connectivity index (χ2v) is 4.97. The van der Waals surface area contributed by atoms with Crippen LogP contribution in [0, 0.1) is 13.8 Å². The maximum absolute atomic E-state index is 5.48. The van der Waals surface area contributed by atoms with Gasteiger partial charge < -0.3 is 0 Å². The Morgan fingerprint density at radius 2 is 2.22 bits per heavy atom. The monoisotopic (exact) mass is 189 g/mol. The molecule has 0 aliphatic rings. The van der Waals surface area contributed by atoms with Crippen LogP contribution >= 0.6 is 0 Å². The standard InChI is InChI=1S/C7H11NSe/c1-5-3-7(4-8)9-6(5)2/h3H,4,8H2,1-2H3. The summed E-state index contributed by atoms with van der Waals surface area (Å²) in [5.74, 6) is 0. The number of aryl methyl sites for hydroxylation is 2. The van der Waals surface area contributed by atoms with Gasteiger partial charge in [-0.3, -0.25) is 0 Å². The summed E-state index contributed by atoms with van der Waals surface area (Å²) in [7, 11) is 0. The Labute approximate surface area is 61.6 Å². The summed E-state index contributed by atoms with van der Waals surface area (Å²) in [6.45, 7) is 5.09. The van der Waals surface area contributed by atoms with Crippen molar-refractivity contribution >= 4 is 14.5 Å². The maximum atomic E-state index is 5.48. The van der Waals surface area contributed by atoms with E-state index in [1.54, 1.807) is 0 Å². The summed E-state index contributed by atoms with van der Waals surface area (Å²) >= 11 is 0.582. The van der Waals surface area contributed by atoms with E-state index in [1.165, 1.54) is 14.4 Å². The van der Waals surface area contributed by atoms with Gasteiger partial charge in [0.1, 0.15) is 0 Å². The summed E-state index contributed by atoms with van der Waals surface area (Å²) in [6.07, 6.45) is 0. The molecule has 0 saturated heterocycles. The van der Waals surface area contributed by atoms with E-state index in [0.29, 0.717) is 14.5 Å². The van der Waals surface area contributed by atoms with Crippen molar-refractivity contribution in [2.75, 3.05) is 0 Å². The van der Waals surface area contributed by atoms with Gasteiger partial charge in [-0.25, -0.2) is 0 Å². The van der Waals surface area contributed by atoms with Gasteiger partial charge in [0.2, 0.25) is 0 Å². The Morgan fingerprint density at radius 3 is 2.44 bits per heavy atom. The van der Waals surface area contributed by atoms with Gasteiger partial charge in [0, 0.05) is 0 Å². The first-order valence-electron chi connectivity index (χ1n) is 3.00. The summed E-state index contributed by atoms with van der Waals surface area (Å²) < 4.78 is 2.96. The van der Waals surface area contributed by atoms with Gasteiger partial charge in [-0.15, -0.1) is 0 Å². The molecule has 50 valence electrons. The Balaban J connectivity index is 2.98. The molecule has 0 amide bonds. The van der Waals surface area contributed by atoms with Crippen molar-refractivity contribution in [1.29, 1.82) is 0 Å². The predicted octanol–water partition coefficient (Wildman–Crippen LogP) is 0.819. The van der Waals surface area contributed by atoms with Crippen LogP contribution in [-0.2, 0) is 6.54 Å². The van der Waals surface area contributed by atoms with Crippen LogP contribution in [0.1, 0.15) is 14.4 Å². The van der Waals surface area contributed by atoms with Crippen molar-refractivity contribution in [2.24, 2.45) is 5.73 Å².